The number of imidazole rings is 1. The molecule has 1 saturated heterocycles. The molecule has 0 amide bonds. The summed E-state index contributed by atoms with van der Waals surface area (Å²) >= 11 is 0. The highest BCUT2D eigenvalue weighted by atomic mass is 32.2. The molecular formula is C12H19N3OS. The minimum Gasteiger partial charge on any atom is -0.353 e. The number of aromatic nitrogens is 2. The van der Waals surface area contributed by atoms with Crippen LogP contribution >= 0.6 is 0 Å². The van der Waals surface area contributed by atoms with Crippen molar-refractivity contribution in [1.82, 2.24) is 9.55 Å². The highest BCUT2D eigenvalue weighted by Crippen LogP contribution is 2.29. The predicted molar refractivity (Wildman–Crippen MR) is 69.8 cm³/mol. The van der Waals surface area contributed by atoms with Gasteiger partial charge in [0.15, 0.2) is 0 Å². The highest BCUT2D eigenvalue weighted by molar-refractivity contribution is 7.85. The summed E-state index contributed by atoms with van der Waals surface area (Å²) in [6.07, 6.45) is 6.69. The summed E-state index contributed by atoms with van der Waals surface area (Å²) in [5.41, 5.74) is 1.07. The van der Waals surface area contributed by atoms with Gasteiger partial charge in [0.2, 0.25) is 5.95 Å². The Labute approximate surface area is 104 Å². The van der Waals surface area contributed by atoms with Gasteiger partial charge < -0.3 is 9.88 Å². The summed E-state index contributed by atoms with van der Waals surface area (Å²) in [7, 11) is -0.587. The molecule has 0 radical (unpaired) electrons. The highest BCUT2D eigenvalue weighted by Gasteiger charge is 2.26. The Morgan fingerprint density at radius 3 is 2.71 bits per heavy atom. The molecule has 0 atom stereocenters. The van der Waals surface area contributed by atoms with Crippen LogP contribution in [0.3, 0.4) is 0 Å². The van der Waals surface area contributed by atoms with Gasteiger partial charge in [-0.05, 0) is 32.6 Å². The standard InChI is InChI=1S/C12H19N3OS/c1-9-8-15(11-4-6-17(16)7-5-11)12(13-9)14-10-2-3-10/h8,10-11H,2-7H2,1H3,(H,13,14). The molecule has 0 spiro atoms. The van der Waals surface area contributed by atoms with E-state index in [1.165, 1.54) is 12.8 Å². The van der Waals surface area contributed by atoms with Crippen molar-refractivity contribution in [3.63, 3.8) is 0 Å². The molecule has 2 fully saturated rings. The average molecular weight is 253 g/mol. The summed E-state index contributed by atoms with van der Waals surface area (Å²) in [5.74, 6) is 2.69. The van der Waals surface area contributed by atoms with Crippen molar-refractivity contribution < 1.29 is 4.21 Å². The third kappa shape index (κ3) is 2.54. The maximum Gasteiger partial charge on any atom is 0.203 e. The van der Waals surface area contributed by atoms with Gasteiger partial charge in [-0.2, -0.15) is 0 Å². The van der Waals surface area contributed by atoms with Gasteiger partial charge in [-0.15, -0.1) is 0 Å². The maximum atomic E-state index is 11.4. The average Bonchev–Trinajstić information content (AvgIpc) is 3.03. The van der Waals surface area contributed by atoms with E-state index in [1.54, 1.807) is 0 Å². The fourth-order valence-corrected chi connectivity index (χ4v) is 3.65. The SMILES string of the molecule is Cc1cn(C2CCS(=O)CC2)c(NC2CC2)n1. The zero-order valence-corrected chi connectivity index (χ0v) is 11.0. The first-order valence-corrected chi connectivity index (χ1v) is 7.88. The first-order chi connectivity index (χ1) is 8.22. The van der Waals surface area contributed by atoms with E-state index in [0.717, 1.165) is 36.0 Å². The number of nitrogens with one attached hydrogen (secondary N) is 1. The molecule has 1 aromatic rings. The molecule has 1 N–H and O–H groups in total. The minimum absolute atomic E-state index is 0.482. The van der Waals surface area contributed by atoms with Gasteiger partial charge >= 0.3 is 0 Å². The van der Waals surface area contributed by atoms with Crippen LogP contribution in [0.1, 0.15) is 37.4 Å². The second-order valence-electron chi connectivity index (χ2n) is 5.11. The molecule has 17 heavy (non-hydrogen) atoms. The predicted octanol–water partition coefficient (Wildman–Crippen LogP) is 1.85. The Bertz CT molecular complexity index is 429. The van der Waals surface area contributed by atoms with Gasteiger partial charge in [0.25, 0.3) is 0 Å². The lowest BCUT2D eigenvalue weighted by molar-refractivity contribution is 0.465. The van der Waals surface area contributed by atoms with Crippen molar-refractivity contribution in [2.75, 3.05) is 16.8 Å². The molecular weight excluding hydrogens is 234 g/mol. The summed E-state index contributed by atoms with van der Waals surface area (Å²) in [6, 6.07) is 1.11. The Balaban J connectivity index is 1.77. The zero-order valence-electron chi connectivity index (χ0n) is 10.2. The molecule has 3 rings (SSSR count). The van der Waals surface area contributed by atoms with Crippen LogP contribution in [-0.4, -0.2) is 31.3 Å². The number of hydrogen-bond donors (Lipinski definition) is 1. The molecule has 1 aliphatic heterocycles. The van der Waals surface area contributed by atoms with Crippen LogP contribution in [0.5, 0.6) is 0 Å². The van der Waals surface area contributed by atoms with E-state index in [2.05, 4.69) is 21.1 Å². The van der Waals surface area contributed by atoms with Gasteiger partial charge in [-0.25, -0.2) is 4.98 Å². The number of aryl methyl sites for hydroxylation is 1. The molecule has 4 nitrogen and oxygen atoms in total. The first-order valence-electron chi connectivity index (χ1n) is 6.39. The van der Waals surface area contributed by atoms with Crippen LogP contribution in [0, 0.1) is 6.92 Å². The van der Waals surface area contributed by atoms with Crippen molar-refractivity contribution in [1.29, 1.82) is 0 Å². The fourth-order valence-electron chi connectivity index (χ4n) is 2.37. The van der Waals surface area contributed by atoms with E-state index >= 15 is 0 Å². The maximum absolute atomic E-state index is 11.4. The molecule has 2 heterocycles. The molecule has 1 aliphatic carbocycles. The van der Waals surface area contributed by atoms with Gasteiger partial charge in [0, 0.05) is 40.6 Å². The second kappa shape index (κ2) is 4.44. The molecule has 0 aromatic carbocycles. The number of anilines is 1. The van der Waals surface area contributed by atoms with E-state index in [-0.39, 0.29) is 0 Å². The molecule has 94 valence electrons. The van der Waals surface area contributed by atoms with Gasteiger partial charge in [-0.1, -0.05) is 0 Å². The van der Waals surface area contributed by atoms with Crippen LogP contribution in [0.2, 0.25) is 0 Å². The van der Waals surface area contributed by atoms with Crippen LogP contribution in [0.4, 0.5) is 5.95 Å². The van der Waals surface area contributed by atoms with Crippen LogP contribution in [-0.2, 0) is 10.8 Å². The summed E-state index contributed by atoms with van der Waals surface area (Å²) in [4.78, 5) is 4.56. The number of rotatable bonds is 3. The molecule has 0 unspecified atom stereocenters. The number of nitrogens with zero attached hydrogens (tertiary/aromatic N) is 2. The Morgan fingerprint density at radius 1 is 1.35 bits per heavy atom. The molecule has 5 heteroatoms. The van der Waals surface area contributed by atoms with Gasteiger partial charge in [0.1, 0.15) is 0 Å². The Kier molecular flexibility index (Phi) is 2.94. The van der Waals surface area contributed by atoms with Crippen molar-refractivity contribution in [2.24, 2.45) is 0 Å². The monoisotopic (exact) mass is 253 g/mol. The van der Waals surface area contributed by atoms with Crippen molar-refractivity contribution >= 4 is 16.7 Å². The second-order valence-corrected chi connectivity index (χ2v) is 6.81. The van der Waals surface area contributed by atoms with Crippen molar-refractivity contribution in [2.45, 2.75) is 44.7 Å². The summed E-state index contributed by atoms with van der Waals surface area (Å²) in [6.45, 7) is 2.04. The topological polar surface area (TPSA) is 46.9 Å². The number of hydrogen-bond acceptors (Lipinski definition) is 3. The van der Waals surface area contributed by atoms with E-state index in [9.17, 15) is 4.21 Å². The van der Waals surface area contributed by atoms with E-state index < -0.39 is 10.8 Å². The first kappa shape index (κ1) is 11.3. The van der Waals surface area contributed by atoms with Gasteiger partial charge in [0.05, 0.1) is 5.69 Å². The summed E-state index contributed by atoms with van der Waals surface area (Å²) in [5, 5.41) is 3.49. The summed E-state index contributed by atoms with van der Waals surface area (Å²) < 4.78 is 13.7. The lowest BCUT2D eigenvalue weighted by Crippen LogP contribution is -2.23. The smallest absolute Gasteiger partial charge is 0.203 e. The third-order valence-corrected chi connectivity index (χ3v) is 4.90. The third-order valence-electron chi connectivity index (χ3n) is 3.51. The lowest BCUT2D eigenvalue weighted by Gasteiger charge is -2.24. The van der Waals surface area contributed by atoms with E-state index in [0.29, 0.717) is 12.1 Å². The van der Waals surface area contributed by atoms with Crippen LogP contribution in [0.15, 0.2) is 6.20 Å². The zero-order chi connectivity index (χ0) is 11.8. The van der Waals surface area contributed by atoms with Gasteiger partial charge in [-0.3, -0.25) is 4.21 Å². The van der Waals surface area contributed by atoms with E-state index in [1.807, 2.05) is 6.92 Å². The molecule has 1 aromatic heterocycles. The lowest BCUT2D eigenvalue weighted by atomic mass is 10.1. The quantitative estimate of drug-likeness (QED) is 0.894. The van der Waals surface area contributed by atoms with E-state index in [4.69, 9.17) is 0 Å². The largest absolute Gasteiger partial charge is 0.353 e. The fraction of sp³-hybridized carbons (Fsp3) is 0.750. The molecule has 0 bridgehead atoms. The Hall–Kier alpha value is -0.840. The van der Waals surface area contributed by atoms with Crippen LogP contribution < -0.4 is 5.32 Å². The normalized spacial score (nSPS) is 29.2. The van der Waals surface area contributed by atoms with Crippen LogP contribution in [0.25, 0.3) is 0 Å². The van der Waals surface area contributed by atoms with Crippen molar-refractivity contribution in [3.8, 4) is 0 Å². The molecule has 2 aliphatic rings. The minimum atomic E-state index is -0.587. The van der Waals surface area contributed by atoms with Crippen molar-refractivity contribution in [3.05, 3.63) is 11.9 Å². The Morgan fingerprint density at radius 2 is 2.06 bits per heavy atom. The molecule has 1 saturated carbocycles.